The zero-order valence-corrected chi connectivity index (χ0v) is 12.6. The summed E-state index contributed by atoms with van der Waals surface area (Å²) in [5.41, 5.74) is 1.01. The van der Waals surface area contributed by atoms with Gasteiger partial charge in [-0.2, -0.15) is 0 Å². The minimum Gasteiger partial charge on any atom is -0.375 e. The average Bonchev–Trinajstić information content (AvgIpc) is 2.41. The van der Waals surface area contributed by atoms with Gasteiger partial charge in [0.05, 0.1) is 18.5 Å². The van der Waals surface area contributed by atoms with E-state index in [1.807, 2.05) is 36.0 Å². The molecule has 19 heavy (non-hydrogen) atoms. The SMILES string of the molecule is CN1CCOC(CSCC#Cc2ccc(Cl)cc2)C1. The van der Waals surface area contributed by atoms with Crippen molar-refractivity contribution in [2.24, 2.45) is 0 Å². The Bertz CT molecular complexity index is 451. The second-order valence-corrected chi connectivity index (χ2v) is 6.05. The van der Waals surface area contributed by atoms with Gasteiger partial charge in [-0.05, 0) is 31.3 Å². The van der Waals surface area contributed by atoms with Crippen molar-refractivity contribution in [1.82, 2.24) is 4.90 Å². The Morgan fingerprint density at radius 1 is 1.42 bits per heavy atom. The smallest absolute Gasteiger partial charge is 0.0793 e. The number of hydrogen-bond acceptors (Lipinski definition) is 3. The van der Waals surface area contributed by atoms with Crippen LogP contribution in [-0.4, -0.2) is 49.3 Å². The molecule has 1 heterocycles. The molecular formula is C15H18ClNOS. The van der Waals surface area contributed by atoms with Gasteiger partial charge in [-0.3, -0.25) is 0 Å². The van der Waals surface area contributed by atoms with Gasteiger partial charge in [-0.1, -0.05) is 23.4 Å². The van der Waals surface area contributed by atoms with E-state index in [1.54, 1.807) is 0 Å². The molecular weight excluding hydrogens is 278 g/mol. The van der Waals surface area contributed by atoms with Crippen LogP contribution in [0.15, 0.2) is 24.3 Å². The van der Waals surface area contributed by atoms with Gasteiger partial charge >= 0.3 is 0 Å². The first-order chi connectivity index (χ1) is 9.24. The van der Waals surface area contributed by atoms with Crippen molar-refractivity contribution in [3.05, 3.63) is 34.9 Å². The molecule has 0 amide bonds. The number of benzene rings is 1. The van der Waals surface area contributed by atoms with Crippen LogP contribution in [0.4, 0.5) is 0 Å². The molecule has 1 saturated heterocycles. The highest BCUT2D eigenvalue weighted by molar-refractivity contribution is 7.99. The lowest BCUT2D eigenvalue weighted by molar-refractivity contribution is -0.00596. The Morgan fingerprint density at radius 3 is 2.95 bits per heavy atom. The molecule has 2 nitrogen and oxygen atoms in total. The molecule has 0 aliphatic carbocycles. The Kier molecular flexibility index (Phi) is 6.06. The number of nitrogens with zero attached hydrogens (tertiary/aromatic N) is 1. The van der Waals surface area contributed by atoms with Crippen LogP contribution in [0.3, 0.4) is 0 Å². The summed E-state index contributed by atoms with van der Waals surface area (Å²) >= 11 is 7.66. The van der Waals surface area contributed by atoms with E-state index in [4.69, 9.17) is 16.3 Å². The van der Waals surface area contributed by atoms with E-state index in [0.717, 1.165) is 41.8 Å². The van der Waals surface area contributed by atoms with Gasteiger partial charge in [-0.25, -0.2) is 0 Å². The van der Waals surface area contributed by atoms with Gasteiger partial charge < -0.3 is 9.64 Å². The van der Waals surface area contributed by atoms with Crippen LogP contribution in [0, 0.1) is 11.8 Å². The molecule has 0 radical (unpaired) electrons. The zero-order chi connectivity index (χ0) is 13.5. The summed E-state index contributed by atoms with van der Waals surface area (Å²) < 4.78 is 5.70. The summed E-state index contributed by atoms with van der Waals surface area (Å²) in [6.07, 6.45) is 0.348. The lowest BCUT2D eigenvalue weighted by Crippen LogP contribution is -2.41. The molecule has 1 aromatic rings. The quantitative estimate of drug-likeness (QED) is 0.628. The Hall–Kier alpha value is -0.660. The zero-order valence-electron chi connectivity index (χ0n) is 11.1. The minimum absolute atomic E-state index is 0.348. The molecule has 0 N–H and O–H groups in total. The second-order valence-electron chi connectivity index (χ2n) is 4.58. The predicted octanol–water partition coefficient (Wildman–Crippen LogP) is 2.76. The minimum atomic E-state index is 0.348. The maximum Gasteiger partial charge on any atom is 0.0793 e. The van der Waals surface area contributed by atoms with Crippen molar-refractivity contribution >= 4 is 23.4 Å². The van der Waals surface area contributed by atoms with E-state index < -0.39 is 0 Å². The maximum atomic E-state index is 5.82. The van der Waals surface area contributed by atoms with E-state index in [0.29, 0.717) is 6.10 Å². The van der Waals surface area contributed by atoms with Crippen molar-refractivity contribution in [3.63, 3.8) is 0 Å². The van der Waals surface area contributed by atoms with E-state index in [-0.39, 0.29) is 0 Å². The summed E-state index contributed by atoms with van der Waals surface area (Å²) in [5.74, 6) is 8.16. The first kappa shape index (κ1) is 14.7. The molecule has 0 aromatic heterocycles. The number of halogens is 1. The fourth-order valence-electron chi connectivity index (χ4n) is 1.88. The van der Waals surface area contributed by atoms with Gasteiger partial charge in [0.15, 0.2) is 0 Å². The highest BCUT2D eigenvalue weighted by atomic mass is 35.5. The third-order valence-electron chi connectivity index (χ3n) is 2.90. The molecule has 1 atom stereocenters. The van der Waals surface area contributed by atoms with E-state index in [9.17, 15) is 0 Å². The van der Waals surface area contributed by atoms with Gasteiger partial charge in [0.2, 0.25) is 0 Å². The second kappa shape index (κ2) is 7.81. The third kappa shape index (κ3) is 5.46. The van der Waals surface area contributed by atoms with Gasteiger partial charge in [0.25, 0.3) is 0 Å². The topological polar surface area (TPSA) is 12.5 Å². The molecule has 1 unspecified atom stereocenters. The average molecular weight is 296 g/mol. The molecule has 1 fully saturated rings. The Balaban J connectivity index is 1.68. The van der Waals surface area contributed by atoms with Crippen molar-refractivity contribution in [3.8, 4) is 11.8 Å². The Morgan fingerprint density at radius 2 is 2.21 bits per heavy atom. The summed E-state index contributed by atoms with van der Waals surface area (Å²) in [7, 11) is 2.14. The van der Waals surface area contributed by atoms with Crippen molar-refractivity contribution < 1.29 is 4.74 Å². The highest BCUT2D eigenvalue weighted by Gasteiger charge is 2.16. The maximum absolute atomic E-state index is 5.82. The van der Waals surface area contributed by atoms with Crippen LogP contribution in [-0.2, 0) is 4.74 Å². The van der Waals surface area contributed by atoms with Crippen LogP contribution >= 0.6 is 23.4 Å². The van der Waals surface area contributed by atoms with Gasteiger partial charge in [0.1, 0.15) is 0 Å². The van der Waals surface area contributed by atoms with Crippen molar-refractivity contribution in [1.29, 1.82) is 0 Å². The standard InChI is InChI=1S/C15H18ClNOS/c1-17-8-9-18-15(11-17)12-19-10-2-3-13-4-6-14(16)7-5-13/h4-7,15H,8-12H2,1H3. The first-order valence-corrected chi connectivity index (χ1v) is 7.89. The third-order valence-corrected chi connectivity index (χ3v) is 4.10. The number of morpholine rings is 1. The molecule has 4 heteroatoms. The predicted molar refractivity (Wildman–Crippen MR) is 82.9 cm³/mol. The van der Waals surface area contributed by atoms with Gasteiger partial charge in [0, 0.05) is 29.4 Å². The number of hydrogen-bond donors (Lipinski definition) is 0. The monoisotopic (exact) mass is 295 g/mol. The van der Waals surface area contributed by atoms with Crippen LogP contribution in [0.1, 0.15) is 5.56 Å². The molecule has 1 aromatic carbocycles. The molecule has 0 bridgehead atoms. The van der Waals surface area contributed by atoms with Crippen LogP contribution < -0.4 is 0 Å². The molecule has 0 saturated carbocycles. The fraction of sp³-hybridized carbons (Fsp3) is 0.467. The normalized spacial score (nSPS) is 19.8. The Labute approximate surface area is 124 Å². The first-order valence-electron chi connectivity index (χ1n) is 6.36. The van der Waals surface area contributed by atoms with Crippen LogP contribution in [0.2, 0.25) is 5.02 Å². The van der Waals surface area contributed by atoms with Crippen molar-refractivity contribution in [2.75, 3.05) is 38.2 Å². The van der Waals surface area contributed by atoms with E-state index in [1.165, 1.54) is 0 Å². The van der Waals surface area contributed by atoms with Crippen LogP contribution in [0.5, 0.6) is 0 Å². The fourth-order valence-corrected chi connectivity index (χ4v) is 2.76. The summed E-state index contributed by atoms with van der Waals surface area (Å²) in [5, 5.41) is 0.749. The van der Waals surface area contributed by atoms with E-state index in [2.05, 4.69) is 23.8 Å². The molecule has 2 rings (SSSR count). The molecule has 1 aliphatic rings. The lowest BCUT2D eigenvalue weighted by atomic mass is 10.2. The number of ether oxygens (including phenoxy) is 1. The van der Waals surface area contributed by atoms with Crippen LogP contribution in [0.25, 0.3) is 0 Å². The lowest BCUT2D eigenvalue weighted by Gasteiger charge is -2.29. The molecule has 102 valence electrons. The van der Waals surface area contributed by atoms with Gasteiger partial charge in [-0.15, -0.1) is 11.8 Å². The highest BCUT2D eigenvalue weighted by Crippen LogP contribution is 2.11. The summed E-state index contributed by atoms with van der Waals surface area (Å²) in [6, 6.07) is 7.62. The molecule has 1 aliphatic heterocycles. The number of thioether (sulfide) groups is 1. The number of likely N-dealkylation sites (N-methyl/N-ethyl adjacent to an activating group) is 1. The number of rotatable bonds is 3. The summed E-state index contributed by atoms with van der Waals surface area (Å²) in [6.45, 7) is 2.91. The van der Waals surface area contributed by atoms with E-state index >= 15 is 0 Å². The molecule has 0 spiro atoms. The summed E-state index contributed by atoms with van der Waals surface area (Å²) in [4.78, 5) is 2.31. The van der Waals surface area contributed by atoms with Crippen molar-refractivity contribution in [2.45, 2.75) is 6.10 Å². The largest absolute Gasteiger partial charge is 0.375 e.